The van der Waals surface area contributed by atoms with E-state index < -0.39 is 5.41 Å². The van der Waals surface area contributed by atoms with Gasteiger partial charge in [0.05, 0.1) is 12.0 Å². The monoisotopic (exact) mass is 334 g/mol. The highest BCUT2D eigenvalue weighted by Gasteiger charge is 2.44. The number of hydrogen-bond donors (Lipinski definition) is 0. The fraction of sp³-hybridized carbons (Fsp3) is 0.579. The van der Waals surface area contributed by atoms with Crippen LogP contribution in [0.2, 0.25) is 0 Å². The summed E-state index contributed by atoms with van der Waals surface area (Å²) in [5, 5.41) is 0. The van der Waals surface area contributed by atoms with E-state index in [-0.39, 0.29) is 24.2 Å². The molecule has 0 N–H and O–H groups in total. The molecule has 0 spiro atoms. The number of likely N-dealkylation sites (N-methyl/N-ethyl adjacent to an activating group) is 2. The molecule has 0 atom stereocenters. The summed E-state index contributed by atoms with van der Waals surface area (Å²) in [5.41, 5.74) is 0.236. The van der Waals surface area contributed by atoms with Crippen molar-refractivity contribution in [3.05, 3.63) is 35.6 Å². The molecule has 0 unspecified atom stereocenters. The number of carbonyl (C=O) groups is 2. The quantitative estimate of drug-likeness (QED) is 0.802. The molecule has 2 amide bonds. The number of amides is 2. The van der Waals surface area contributed by atoms with Gasteiger partial charge in [-0.05, 0) is 44.4 Å². The average Bonchev–Trinajstić information content (AvgIpc) is 3.06. The molecule has 0 aromatic heterocycles. The third kappa shape index (κ3) is 3.60. The Kier molecular flexibility index (Phi) is 5.97. The van der Waals surface area contributed by atoms with Crippen molar-refractivity contribution < 1.29 is 14.0 Å². The van der Waals surface area contributed by atoms with Crippen LogP contribution in [-0.2, 0) is 15.0 Å². The van der Waals surface area contributed by atoms with E-state index in [0.717, 1.165) is 31.2 Å². The lowest BCUT2D eigenvalue weighted by Crippen LogP contribution is -2.48. The molecule has 1 saturated carbocycles. The highest BCUT2D eigenvalue weighted by Crippen LogP contribution is 2.42. The summed E-state index contributed by atoms with van der Waals surface area (Å²) in [6, 6.07) is 6.23. The first-order chi connectivity index (χ1) is 11.4. The minimum absolute atomic E-state index is 0.0351. The van der Waals surface area contributed by atoms with Crippen molar-refractivity contribution in [1.29, 1.82) is 0 Å². The van der Waals surface area contributed by atoms with E-state index in [1.807, 2.05) is 13.8 Å². The number of benzene rings is 1. The van der Waals surface area contributed by atoms with Gasteiger partial charge in [-0.25, -0.2) is 4.39 Å². The van der Waals surface area contributed by atoms with E-state index in [1.54, 1.807) is 24.1 Å². The van der Waals surface area contributed by atoms with Crippen LogP contribution in [0.3, 0.4) is 0 Å². The molecule has 0 saturated heterocycles. The molecule has 2 rings (SSSR count). The smallest absolute Gasteiger partial charge is 0.242 e. The summed E-state index contributed by atoms with van der Waals surface area (Å²) in [6.45, 7) is 5.23. The molecule has 4 nitrogen and oxygen atoms in total. The molecule has 132 valence electrons. The van der Waals surface area contributed by atoms with Gasteiger partial charge in [-0.3, -0.25) is 9.59 Å². The summed E-state index contributed by atoms with van der Waals surface area (Å²) < 4.78 is 13.3. The standard InChI is InChI=1S/C19H27FN2O2/c1-4-22(5-2)17(23)14-21(3)18(24)19(12-6-7-13-19)15-8-10-16(20)11-9-15/h8-11H,4-7,12-14H2,1-3H3. The van der Waals surface area contributed by atoms with Crippen LogP contribution in [0.25, 0.3) is 0 Å². The molecule has 1 aromatic carbocycles. The SMILES string of the molecule is CCN(CC)C(=O)CN(C)C(=O)C1(c2ccc(F)cc2)CCCC1. The van der Waals surface area contributed by atoms with Crippen molar-refractivity contribution >= 4 is 11.8 Å². The molecule has 1 aliphatic carbocycles. The molecule has 1 aromatic rings. The van der Waals surface area contributed by atoms with Gasteiger partial charge in [0.1, 0.15) is 5.82 Å². The van der Waals surface area contributed by atoms with Gasteiger partial charge in [0.2, 0.25) is 11.8 Å². The second-order valence-electron chi connectivity index (χ2n) is 6.52. The van der Waals surface area contributed by atoms with Crippen molar-refractivity contribution in [2.24, 2.45) is 0 Å². The van der Waals surface area contributed by atoms with Crippen molar-refractivity contribution in [3.8, 4) is 0 Å². The van der Waals surface area contributed by atoms with Gasteiger partial charge in [0, 0.05) is 20.1 Å². The second-order valence-corrected chi connectivity index (χ2v) is 6.52. The van der Waals surface area contributed by atoms with Gasteiger partial charge in [-0.15, -0.1) is 0 Å². The molecule has 5 heteroatoms. The maximum Gasteiger partial charge on any atom is 0.242 e. The maximum absolute atomic E-state index is 13.3. The fourth-order valence-electron chi connectivity index (χ4n) is 3.69. The Balaban J connectivity index is 2.20. The van der Waals surface area contributed by atoms with E-state index in [2.05, 4.69) is 0 Å². The summed E-state index contributed by atoms with van der Waals surface area (Å²) in [5.74, 6) is -0.375. The molecule has 0 radical (unpaired) electrons. The van der Waals surface area contributed by atoms with Crippen molar-refractivity contribution in [2.45, 2.75) is 44.9 Å². The van der Waals surface area contributed by atoms with Gasteiger partial charge < -0.3 is 9.80 Å². The van der Waals surface area contributed by atoms with Gasteiger partial charge in [0.15, 0.2) is 0 Å². The van der Waals surface area contributed by atoms with Crippen LogP contribution in [0.15, 0.2) is 24.3 Å². The Labute approximate surface area is 143 Å². The number of halogens is 1. The molecule has 0 bridgehead atoms. The molecule has 0 heterocycles. The van der Waals surface area contributed by atoms with Crippen LogP contribution >= 0.6 is 0 Å². The minimum Gasteiger partial charge on any atom is -0.342 e. The third-order valence-electron chi connectivity index (χ3n) is 5.10. The highest BCUT2D eigenvalue weighted by molar-refractivity contribution is 5.91. The van der Waals surface area contributed by atoms with Crippen molar-refractivity contribution in [1.82, 2.24) is 9.80 Å². The number of rotatable bonds is 6. The largest absolute Gasteiger partial charge is 0.342 e. The minimum atomic E-state index is -0.619. The number of hydrogen-bond acceptors (Lipinski definition) is 2. The Morgan fingerprint density at radius 3 is 2.12 bits per heavy atom. The molecular weight excluding hydrogens is 307 g/mol. The van der Waals surface area contributed by atoms with E-state index in [4.69, 9.17) is 0 Å². The maximum atomic E-state index is 13.3. The van der Waals surface area contributed by atoms with Gasteiger partial charge in [-0.1, -0.05) is 25.0 Å². The predicted molar refractivity (Wildman–Crippen MR) is 92.1 cm³/mol. The lowest BCUT2D eigenvalue weighted by molar-refractivity contribution is -0.142. The molecule has 1 aliphatic rings. The van der Waals surface area contributed by atoms with Crippen LogP contribution in [0.1, 0.15) is 45.1 Å². The summed E-state index contributed by atoms with van der Waals surface area (Å²) in [7, 11) is 1.69. The zero-order chi connectivity index (χ0) is 17.7. The van der Waals surface area contributed by atoms with Crippen molar-refractivity contribution in [2.75, 3.05) is 26.7 Å². The van der Waals surface area contributed by atoms with Crippen LogP contribution in [0.4, 0.5) is 4.39 Å². The molecular formula is C19H27FN2O2. The fourth-order valence-corrected chi connectivity index (χ4v) is 3.69. The van der Waals surface area contributed by atoms with E-state index in [0.29, 0.717) is 13.1 Å². The third-order valence-corrected chi connectivity index (χ3v) is 5.10. The lowest BCUT2D eigenvalue weighted by Gasteiger charge is -2.33. The van der Waals surface area contributed by atoms with Crippen LogP contribution in [0, 0.1) is 5.82 Å². The summed E-state index contributed by atoms with van der Waals surface area (Å²) in [4.78, 5) is 28.7. The molecule has 1 fully saturated rings. The normalized spacial score (nSPS) is 16.0. The first-order valence-electron chi connectivity index (χ1n) is 8.74. The molecule has 0 aliphatic heterocycles. The predicted octanol–water partition coefficient (Wildman–Crippen LogP) is 2.96. The Morgan fingerprint density at radius 1 is 1.08 bits per heavy atom. The topological polar surface area (TPSA) is 40.6 Å². The zero-order valence-electron chi connectivity index (χ0n) is 14.8. The second kappa shape index (κ2) is 7.77. The van der Waals surface area contributed by atoms with Crippen LogP contribution < -0.4 is 0 Å². The lowest BCUT2D eigenvalue weighted by atomic mass is 9.77. The van der Waals surface area contributed by atoms with E-state index in [1.165, 1.54) is 17.0 Å². The average molecular weight is 334 g/mol. The highest BCUT2D eigenvalue weighted by atomic mass is 19.1. The van der Waals surface area contributed by atoms with Crippen molar-refractivity contribution in [3.63, 3.8) is 0 Å². The van der Waals surface area contributed by atoms with E-state index >= 15 is 0 Å². The number of carbonyl (C=O) groups excluding carboxylic acids is 2. The van der Waals surface area contributed by atoms with Gasteiger partial charge >= 0.3 is 0 Å². The summed E-state index contributed by atoms with van der Waals surface area (Å²) in [6.07, 6.45) is 3.45. The summed E-state index contributed by atoms with van der Waals surface area (Å²) >= 11 is 0. The first kappa shape index (κ1) is 18.4. The van der Waals surface area contributed by atoms with Gasteiger partial charge in [0.25, 0.3) is 0 Å². The van der Waals surface area contributed by atoms with Crippen LogP contribution in [0.5, 0.6) is 0 Å². The Hall–Kier alpha value is -1.91. The Morgan fingerprint density at radius 2 is 1.62 bits per heavy atom. The van der Waals surface area contributed by atoms with Gasteiger partial charge in [-0.2, -0.15) is 0 Å². The zero-order valence-corrected chi connectivity index (χ0v) is 14.8. The van der Waals surface area contributed by atoms with E-state index in [9.17, 15) is 14.0 Å². The number of nitrogens with zero attached hydrogens (tertiary/aromatic N) is 2. The first-order valence-corrected chi connectivity index (χ1v) is 8.74. The Bertz CT molecular complexity index is 576. The van der Waals surface area contributed by atoms with Crippen LogP contribution in [-0.4, -0.2) is 48.3 Å². The molecule has 24 heavy (non-hydrogen) atoms.